The van der Waals surface area contributed by atoms with Crippen molar-refractivity contribution in [2.24, 2.45) is 35.5 Å². The number of phenolic OH excluding ortho intramolecular Hbond substituents is 2. The Hall–Kier alpha value is -15.1. The molecule has 10 aromatic rings. The Labute approximate surface area is 835 Å². The number of esters is 5. The third kappa shape index (κ3) is 31.4. The third-order valence-electron chi connectivity index (χ3n) is 25.8. The van der Waals surface area contributed by atoms with Crippen molar-refractivity contribution < 1.29 is 121 Å². The van der Waals surface area contributed by atoms with Gasteiger partial charge in [-0.05, 0) is 273 Å². The number of ether oxygens (including phenoxy) is 5. The van der Waals surface area contributed by atoms with Gasteiger partial charge in [0.1, 0.15) is 11.5 Å². The molecule has 31 heteroatoms. The molecule has 17 rings (SSSR count). The minimum absolute atomic E-state index is 0.0189. The van der Waals surface area contributed by atoms with Gasteiger partial charge in [-0.1, -0.05) is 132 Å². The molecule has 0 aromatic heterocycles. The number of phenols is 2. The molecule has 0 heterocycles. The quantitative estimate of drug-likeness (QED) is 0.00916. The van der Waals surface area contributed by atoms with Crippen molar-refractivity contribution in [1.82, 2.24) is 0 Å². The second-order valence-corrected chi connectivity index (χ2v) is 36.1. The topological polar surface area (TPSA) is 482 Å². The van der Waals surface area contributed by atoms with Crippen LogP contribution in [0.25, 0.3) is 22.3 Å². The van der Waals surface area contributed by atoms with Crippen LogP contribution < -0.4 is 11.2 Å². The first-order chi connectivity index (χ1) is 68.9. The van der Waals surface area contributed by atoms with Gasteiger partial charge in [0.05, 0.1) is 81.4 Å². The van der Waals surface area contributed by atoms with Crippen molar-refractivity contribution >= 4 is 106 Å². The minimum Gasteiger partial charge on any atom is -0.508 e. The minimum atomic E-state index is -1.58. The molecule has 7 N–H and O–H groups in total. The van der Waals surface area contributed by atoms with Crippen molar-refractivity contribution in [2.45, 2.75) is 190 Å². The summed E-state index contributed by atoms with van der Waals surface area (Å²) in [5.41, 5.74) is 26.4. The van der Waals surface area contributed by atoms with Crippen molar-refractivity contribution in [2.75, 3.05) is 38.8 Å². The number of aromatic hydroxyl groups is 2. The number of rotatable bonds is 22. The van der Waals surface area contributed by atoms with E-state index in [4.69, 9.17) is 44.6 Å². The molecule has 0 fully saturated rings. The summed E-state index contributed by atoms with van der Waals surface area (Å²) in [5, 5.41) is 65.5. The molecule has 10 aromatic carbocycles. The van der Waals surface area contributed by atoms with E-state index in [2.05, 4.69) is 31.2 Å². The Morgan fingerprint density at radius 2 is 0.576 bits per heavy atom. The highest BCUT2D eigenvalue weighted by Gasteiger charge is 2.37. The fraction of sp³-hybridized carbons (Fsp3) is 0.354. The van der Waals surface area contributed by atoms with Crippen molar-refractivity contribution in [1.29, 1.82) is 0 Å². The number of nitrogens with two attached hydrogens (primary N) is 1. The molecule has 0 aliphatic heterocycles. The SMILES string of the molecule is CCOC(=O)CC1CCc2cc(-c3ccc(N)cc3)ccc2C1=O.CCOC(=O)CC1CCc2cc(-c3ccc([N+](=O)[O-])cc3)ccc2C1=O.CCOC(=O)CC1CCc2cc(C)ccc2C1=O.CCOC(=O)CC1CCc2cc(C)ccc2C1=O.CCOC(=O)CC1CCc2cc(O)ccc2C1=O.Cc1ccc2c(c1)CCCC2=O.O=C(O)CC1CCc2cc(O)ccc2C1=O.O=[N+]([O-])c1ccc(B(O)O)cc1. The molecule has 0 spiro atoms. The second kappa shape index (κ2) is 53.7. The number of carboxylic acids is 1. The van der Waals surface area contributed by atoms with E-state index in [0.29, 0.717) is 100 Å². The number of non-ortho nitro benzene ring substituents is 2. The maximum atomic E-state index is 12.6. The summed E-state index contributed by atoms with van der Waals surface area (Å²) in [5.74, 6) is -3.47. The number of nitrogens with zero attached hydrogens (tertiary/aromatic N) is 2. The monoisotopic (exact) mass is 1960 g/mol. The van der Waals surface area contributed by atoms with E-state index in [1.54, 1.807) is 77.1 Å². The third-order valence-corrected chi connectivity index (χ3v) is 25.8. The van der Waals surface area contributed by atoms with E-state index in [1.807, 2.05) is 98.8 Å². The van der Waals surface area contributed by atoms with E-state index in [1.165, 1.54) is 70.8 Å². The first-order valence-electron chi connectivity index (χ1n) is 48.6. The Balaban J connectivity index is 0.000000171. The van der Waals surface area contributed by atoms with Gasteiger partial charge in [-0.2, -0.15) is 0 Å². The predicted molar refractivity (Wildman–Crippen MR) is 540 cm³/mol. The molecule has 0 amide bonds. The van der Waals surface area contributed by atoms with Crippen LogP contribution >= 0.6 is 0 Å². The Morgan fingerprint density at radius 1 is 0.326 bits per heavy atom. The Morgan fingerprint density at radius 3 is 0.868 bits per heavy atom. The first kappa shape index (κ1) is 111. The summed E-state index contributed by atoms with van der Waals surface area (Å²) < 4.78 is 24.6. The van der Waals surface area contributed by atoms with E-state index >= 15 is 0 Å². The van der Waals surface area contributed by atoms with Gasteiger partial charge < -0.3 is 54.8 Å². The highest BCUT2D eigenvalue weighted by Crippen LogP contribution is 2.38. The number of nitro benzene ring substituents is 2. The lowest BCUT2D eigenvalue weighted by Crippen LogP contribution is -2.29. The molecular weight excluding hydrogens is 1840 g/mol. The molecule has 0 radical (unpaired) electrons. The highest BCUT2D eigenvalue weighted by atomic mass is 16.6. The van der Waals surface area contributed by atoms with Crippen LogP contribution in [-0.2, 0) is 97.4 Å². The van der Waals surface area contributed by atoms with Crippen LogP contribution in [0.4, 0.5) is 17.1 Å². The van der Waals surface area contributed by atoms with Gasteiger partial charge in [0.2, 0.25) is 0 Å². The number of carboxylic acid groups (broad SMARTS) is 1. The molecule has 6 unspecified atom stereocenters. The lowest BCUT2D eigenvalue weighted by Gasteiger charge is -2.23. The number of carbonyl (C=O) groups excluding carboxylic acids is 12. The van der Waals surface area contributed by atoms with Gasteiger partial charge in [0.15, 0.2) is 40.5 Å². The van der Waals surface area contributed by atoms with Crippen molar-refractivity contribution in [3.8, 4) is 33.8 Å². The maximum Gasteiger partial charge on any atom is 0.488 e. The van der Waals surface area contributed by atoms with Crippen LogP contribution in [0.3, 0.4) is 0 Å². The zero-order valence-corrected chi connectivity index (χ0v) is 82.2. The molecule has 144 heavy (non-hydrogen) atoms. The van der Waals surface area contributed by atoms with Crippen molar-refractivity contribution in [3.63, 3.8) is 0 Å². The zero-order chi connectivity index (χ0) is 105. The van der Waals surface area contributed by atoms with Gasteiger partial charge in [0.25, 0.3) is 11.4 Å². The first-order valence-corrected chi connectivity index (χ1v) is 48.6. The van der Waals surface area contributed by atoms with Gasteiger partial charge in [0, 0.05) is 111 Å². The molecule has 30 nitrogen and oxygen atoms in total. The number of ketones is 7. The summed E-state index contributed by atoms with van der Waals surface area (Å²) in [6, 6.07) is 57.8. The summed E-state index contributed by atoms with van der Waals surface area (Å²) in [4.78, 5) is 173. The molecule has 0 bridgehead atoms. The van der Waals surface area contributed by atoms with Gasteiger partial charge >= 0.3 is 42.9 Å². The van der Waals surface area contributed by atoms with E-state index in [9.17, 15) is 92.8 Å². The fourth-order valence-corrected chi connectivity index (χ4v) is 18.4. The van der Waals surface area contributed by atoms with Crippen LogP contribution in [0.2, 0.25) is 0 Å². The Kier molecular flexibility index (Phi) is 41.3. The van der Waals surface area contributed by atoms with E-state index < -0.39 is 28.9 Å². The summed E-state index contributed by atoms with van der Waals surface area (Å²) in [6.45, 7) is 16.7. The zero-order valence-electron chi connectivity index (χ0n) is 82.2. The smallest absolute Gasteiger partial charge is 0.488 e. The number of nitrogen functional groups attached to an aromatic ring is 1. The number of carbonyl (C=O) groups is 13. The average Bonchev–Trinajstić information content (AvgIpc) is 0.556. The molecule has 0 saturated heterocycles. The average molecular weight is 1970 g/mol. The molecule has 7 aliphatic rings. The lowest BCUT2D eigenvalue weighted by molar-refractivity contribution is -0.385. The normalized spacial score (nSPS) is 16.8. The number of hydrogen-bond donors (Lipinski definition) is 6. The number of fused-ring (bicyclic) bond motifs is 7. The number of nitro groups is 2. The summed E-state index contributed by atoms with van der Waals surface area (Å²) in [6.07, 6.45) is 12.1. The fourth-order valence-electron chi connectivity index (χ4n) is 18.4. The second-order valence-electron chi connectivity index (χ2n) is 36.1. The number of benzene rings is 10. The van der Waals surface area contributed by atoms with Gasteiger partial charge in [-0.25, -0.2) is 0 Å². The number of aliphatic carboxylic acids is 1. The van der Waals surface area contributed by atoms with Gasteiger partial charge in [-0.15, -0.1) is 0 Å². The van der Waals surface area contributed by atoms with E-state index in [-0.39, 0.29) is 161 Å². The van der Waals surface area contributed by atoms with Crippen LogP contribution in [0.1, 0.15) is 253 Å². The standard InChI is InChI=1S/C20H19NO5.C20H21NO3.2C15H18O3.C14H16O4.C12H12O4.C11H12O.C6H6BNO4/c1-2-26-19(22)12-16-4-3-15-11-14(7-10-18(15)20(16)23)13-5-8-17(9-6-13)21(24)25;1-2-24-19(22)12-16-4-3-15-11-14(7-10-18(15)20(16)23)13-5-8-17(21)9-6-13;2*1-3-18-14(16)9-12-6-5-11-8-10(2)4-7-13(11)15(12)17;1-2-18-13(16)8-10-4-3-9-7-11(15)5-6-12(9)14(10)17;13-9-3-4-10-7(5-9)1-2-8(12(10)16)6-11(14)15;1-8-5-6-10-9(7-8)3-2-4-11(10)12;9-7(10)5-1-3-6(4-2-5)8(11)12/h5-11,16H,2-4,12H2,1H3;5-11,16H,2-4,12,21H2,1H3;2*4,7-8,12H,3,5-6,9H2,1-2H3;5-7,10,15H,2-4,8H2,1H3;3-5,8,13H,1-2,6H2,(H,14,15);5-7H,2-4H2,1H3;1-4,9-10H. The Bertz CT molecular complexity index is 6150. The number of aryl methyl sites for hydroxylation is 10. The predicted octanol–water partition coefficient (Wildman–Crippen LogP) is 18.5. The van der Waals surface area contributed by atoms with Crippen LogP contribution in [0, 0.1) is 76.5 Å². The van der Waals surface area contributed by atoms with Crippen LogP contribution in [0.15, 0.2) is 200 Å². The number of Topliss-reactive ketones (excluding diaryl/α,β-unsaturated/α-hetero) is 7. The number of hydrogen-bond acceptors (Lipinski definition) is 27. The highest BCUT2D eigenvalue weighted by molar-refractivity contribution is 6.58. The number of anilines is 1. The molecule has 754 valence electrons. The van der Waals surface area contributed by atoms with Crippen LogP contribution in [0.5, 0.6) is 11.5 Å². The lowest BCUT2D eigenvalue weighted by atomic mass is 9.80. The van der Waals surface area contributed by atoms with Crippen molar-refractivity contribution in [3.05, 3.63) is 315 Å². The molecule has 7 aliphatic carbocycles. The maximum absolute atomic E-state index is 12.6. The summed E-state index contributed by atoms with van der Waals surface area (Å²) >= 11 is 0. The molecule has 6 atom stereocenters. The van der Waals surface area contributed by atoms with Gasteiger partial charge in [-0.3, -0.25) is 82.6 Å². The largest absolute Gasteiger partial charge is 0.508 e. The molecular formula is C113H122BN3O27. The van der Waals surface area contributed by atoms with E-state index in [0.717, 1.165) is 135 Å². The molecule has 0 saturated carbocycles. The van der Waals surface area contributed by atoms with Crippen LogP contribution in [-0.4, -0.2) is 152 Å². The summed E-state index contributed by atoms with van der Waals surface area (Å²) in [7, 11) is -1.58.